The monoisotopic (exact) mass is 562 g/mol. The number of fused-ring (bicyclic) bond motifs is 6. The summed E-state index contributed by atoms with van der Waals surface area (Å²) in [5.41, 5.74) is 2.63. The predicted octanol–water partition coefficient (Wildman–Crippen LogP) is 6.72. The molecule has 0 aliphatic heterocycles. The average Bonchev–Trinajstić information content (AvgIpc) is 3.52. The highest BCUT2D eigenvalue weighted by Crippen LogP contribution is 2.68. The zero-order valence-electron chi connectivity index (χ0n) is 25.2. The summed E-state index contributed by atoms with van der Waals surface area (Å²) >= 11 is 0. The second-order valence-corrected chi connectivity index (χ2v) is 14.9. The minimum absolute atomic E-state index is 0.0910. The Hall–Kier alpha value is -2.34. The van der Waals surface area contributed by atoms with Crippen LogP contribution in [0.15, 0.2) is 30.5 Å². The van der Waals surface area contributed by atoms with E-state index in [0.29, 0.717) is 35.0 Å². The first-order valence-electron chi connectivity index (χ1n) is 16.4. The zero-order chi connectivity index (χ0) is 28.9. The van der Waals surface area contributed by atoms with Gasteiger partial charge in [-0.1, -0.05) is 39.0 Å². The molecule has 4 N–H and O–H groups in total. The number of aliphatic carboxylic acids is 1. The maximum atomic E-state index is 13.0. The first-order valence-corrected chi connectivity index (χ1v) is 16.4. The van der Waals surface area contributed by atoms with E-state index < -0.39 is 12.0 Å². The third kappa shape index (κ3) is 5.13. The number of hydrogen-bond donors (Lipinski definition) is 4. The first-order chi connectivity index (χ1) is 19.6. The minimum atomic E-state index is -0.990. The quantitative estimate of drug-likeness (QED) is 0.287. The second kappa shape index (κ2) is 11.1. The molecule has 0 spiro atoms. The summed E-state index contributed by atoms with van der Waals surface area (Å²) in [6.07, 6.45) is 14.2. The van der Waals surface area contributed by atoms with Crippen molar-refractivity contribution in [2.75, 3.05) is 0 Å². The highest BCUT2D eigenvalue weighted by molar-refractivity contribution is 5.86. The standard InChI is InChI=1S/C35H50N2O4/c1-21(8-13-32(39)37-31(33(40)41)18-22-20-36-30-7-5-4-6-25(22)30)27-11-12-28-26-10-9-23-19-24(38)14-16-34(23,2)29(26)15-17-35(27,28)3/h4-7,20-21,23-24,26-29,31,36,38H,8-19H2,1-3H3,(H,37,39)(H,40,41)/t21-,23-,24-,26?,27-,28?,29?,31+,34+,35-/m1/s1. The molecule has 6 heteroatoms. The normalized spacial score (nSPS) is 38.0. The lowest BCUT2D eigenvalue weighted by molar-refractivity contribution is -0.141. The molecule has 0 radical (unpaired) electrons. The number of para-hydroxylation sites is 1. The number of carbonyl (C=O) groups is 2. The SMILES string of the molecule is C[C@H](CCC(=O)N[C@@H](Cc1c[nH]c2ccccc12)C(=O)O)[C@H]1CCC2C3CC[C@@H]4C[C@H](O)CC[C@]4(C)C3CC[C@@]21C. The van der Waals surface area contributed by atoms with Crippen LogP contribution in [0.5, 0.6) is 0 Å². The number of benzene rings is 1. The molecule has 10 atom stereocenters. The Balaban J connectivity index is 1.06. The number of aromatic nitrogens is 1. The molecule has 41 heavy (non-hydrogen) atoms. The summed E-state index contributed by atoms with van der Waals surface area (Å²) in [7, 11) is 0. The predicted molar refractivity (Wildman–Crippen MR) is 161 cm³/mol. The van der Waals surface area contributed by atoms with Crippen LogP contribution >= 0.6 is 0 Å². The van der Waals surface area contributed by atoms with Gasteiger partial charge in [0.2, 0.25) is 5.91 Å². The zero-order valence-corrected chi connectivity index (χ0v) is 25.2. The van der Waals surface area contributed by atoms with E-state index in [2.05, 4.69) is 31.1 Å². The molecule has 0 bridgehead atoms. The fraction of sp³-hybridized carbons (Fsp3) is 0.714. The van der Waals surface area contributed by atoms with E-state index in [1.807, 2.05) is 30.5 Å². The van der Waals surface area contributed by atoms with Crippen molar-refractivity contribution in [2.45, 2.75) is 110 Å². The van der Waals surface area contributed by atoms with Crippen LogP contribution in [-0.4, -0.2) is 39.2 Å². The van der Waals surface area contributed by atoms with Crippen LogP contribution in [0.25, 0.3) is 10.9 Å². The second-order valence-electron chi connectivity index (χ2n) is 14.9. The molecule has 1 aromatic heterocycles. The molecule has 6 rings (SSSR count). The van der Waals surface area contributed by atoms with Gasteiger partial charge in [0.05, 0.1) is 6.10 Å². The van der Waals surface area contributed by atoms with Gasteiger partial charge >= 0.3 is 5.97 Å². The molecule has 1 heterocycles. The lowest BCUT2D eigenvalue weighted by atomic mass is 9.44. The van der Waals surface area contributed by atoms with Crippen molar-refractivity contribution in [3.8, 4) is 0 Å². The lowest BCUT2D eigenvalue weighted by Crippen LogP contribution is -2.54. The summed E-state index contributed by atoms with van der Waals surface area (Å²) in [5.74, 6) is 3.01. The Bertz CT molecular complexity index is 1270. The molecule has 6 nitrogen and oxygen atoms in total. The number of aromatic amines is 1. The minimum Gasteiger partial charge on any atom is -0.480 e. The third-order valence-corrected chi connectivity index (χ3v) is 13.0. The maximum Gasteiger partial charge on any atom is 0.326 e. The van der Waals surface area contributed by atoms with Crippen molar-refractivity contribution in [1.82, 2.24) is 10.3 Å². The van der Waals surface area contributed by atoms with Crippen molar-refractivity contribution in [2.24, 2.45) is 46.3 Å². The number of carbonyl (C=O) groups excluding carboxylic acids is 1. The third-order valence-electron chi connectivity index (χ3n) is 13.0. The van der Waals surface area contributed by atoms with E-state index in [0.717, 1.165) is 53.5 Å². The van der Waals surface area contributed by atoms with Crippen molar-refractivity contribution in [3.05, 3.63) is 36.0 Å². The van der Waals surface area contributed by atoms with Crippen molar-refractivity contribution in [1.29, 1.82) is 0 Å². The Labute approximate surface area is 245 Å². The molecule has 1 aromatic carbocycles. The van der Waals surface area contributed by atoms with Crippen LogP contribution in [0.4, 0.5) is 0 Å². The van der Waals surface area contributed by atoms with Crippen LogP contribution in [0.2, 0.25) is 0 Å². The van der Waals surface area contributed by atoms with Gasteiger partial charge in [0.15, 0.2) is 0 Å². The molecule has 4 aliphatic rings. The Morgan fingerprint density at radius 2 is 1.78 bits per heavy atom. The number of carboxylic acid groups (broad SMARTS) is 1. The number of rotatable bonds is 8. The van der Waals surface area contributed by atoms with E-state index >= 15 is 0 Å². The molecule has 3 unspecified atom stereocenters. The Morgan fingerprint density at radius 3 is 2.59 bits per heavy atom. The van der Waals surface area contributed by atoms with Gasteiger partial charge < -0.3 is 20.5 Å². The summed E-state index contributed by atoms with van der Waals surface area (Å²) in [6.45, 7) is 7.45. The summed E-state index contributed by atoms with van der Waals surface area (Å²) in [4.78, 5) is 28.3. The number of nitrogens with one attached hydrogen (secondary N) is 2. The van der Waals surface area contributed by atoms with Gasteiger partial charge in [-0.25, -0.2) is 4.79 Å². The molecule has 2 aromatic rings. The Kier molecular flexibility index (Phi) is 7.76. The van der Waals surface area contributed by atoms with Crippen molar-refractivity contribution in [3.63, 3.8) is 0 Å². The van der Waals surface area contributed by atoms with E-state index in [9.17, 15) is 19.8 Å². The topological polar surface area (TPSA) is 102 Å². The number of aliphatic hydroxyl groups is 1. The van der Waals surface area contributed by atoms with Gasteiger partial charge in [-0.15, -0.1) is 0 Å². The van der Waals surface area contributed by atoms with Crippen LogP contribution < -0.4 is 5.32 Å². The fourth-order valence-corrected chi connectivity index (χ4v) is 10.8. The van der Waals surface area contributed by atoms with E-state index in [4.69, 9.17) is 0 Å². The lowest BCUT2D eigenvalue weighted by Gasteiger charge is -2.61. The van der Waals surface area contributed by atoms with Gasteiger partial charge in [0.25, 0.3) is 0 Å². The maximum absolute atomic E-state index is 13.0. The van der Waals surface area contributed by atoms with Gasteiger partial charge in [0.1, 0.15) is 6.04 Å². The van der Waals surface area contributed by atoms with E-state index in [1.165, 1.54) is 44.9 Å². The number of H-pyrrole nitrogens is 1. The fourth-order valence-electron chi connectivity index (χ4n) is 10.8. The number of hydrogen-bond acceptors (Lipinski definition) is 3. The van der Waals surface area contributed by atoms with Crippen LogP contribution in [0.3, 0.4) is 0 Å². The number of carboxylic acids is 1. The molecule has 4 aliphatic carbocycles. The number of amides is 1. The molecular formula is C35H50N2O4. The van der Waals surface area contributed by atoms with Gasteiger partial charge in [-0.2, -0.15) is 0 Å². The van der Waals surface area contributed by atoms with Crippen LogP contribution in [0, 0.1) is 46.3 Å². The van der Waals surface area contributed by atoms with E-state index in [1.54, 1.807) is 0 Å². The average molecular weight is 563 g/mol. The summed E-state index contributed by atoms with van der Waals surface area (Å²) in [6, 6.07) is 6.92. The smallest absolute Gasteiger partial charge is 0.326 e. The largest absolute Gasteiger partial charge is 0.480 e. The summed E-state index contributed by atoms with van der Waals surface area (Å²) in [5, 5.41) is 24.0. The first kappa shape index (κ1) is 28.8. The molecular weight excluding hydrogens is 512 g/mol. The van der Waals surface area contributed by atoms with Gasteiger partial charge in [-0.05, 0) is 122 Å². The van der Waals surface area contributed by atoms with Crippen LogP contribution in [-0.2, 0) is 16.0 Å². The Morgan fingerprint density at radius 1 is 1.02 bits per heavy atom. The van der Waals surface area contributed by atoms with Crippen molar-refractivity contribution >= 4 is 22.8 Å². The molecule has 0 saturated heterocycles. The van der Waals surface area contributed by atoms with Crippen molar-refractivity contribution < 1.29 is 19.8 Å². The molecule has 4 fully saturated rings. The highest BCUT2D eigenvalue weighted by atomic mass is 16.4. The molecule has 1 amide bonds. The van der Waals surface area contributed by atoms with Crippen LogP contribution in [0.1, 0.15) is 97.0 Å². The highest BCUT2D eigenvalue weighted by Gasteiger charge is 2.60. The van der Waals surface area contributed by atoms with Gasteiger partial charge in [0, 0.05) is 29.9 Å². The van der Waals surface area contributed by atoms with E-state index in [-0.39, 0.29) is 18.4 Å². The van der Waals surface area contributed by atoms with Gasteiger partial charge in [-0.3, -0.25) is 4.79 Å². The number of aliphatic hydroxyl groups excluding tert-OH is 1. The molecule has 224 valence electrons. The molecule has 4 saturated carbocycles. The summed E-state index contributed by atoms with van der Waals surface area (Å²) < 4.78 is 0.